The van der Waals surface area contributed by atoms with Crippen molar-refractivity contribution in [3.05, 3.63) is 90.0 Å². The second-order valence-electron chi connectivity index (χ2n) is 7.78. The molecule has 0 spiro atoms. The number of benzene rings is 3. The van der Waals surface area contributed by atoms with Crippen LogP contribution in [0.5, 0.6) is 11.6 Å². The van der Waals surface area contributed by atoms with Crippen LogP contribution in [0.3, 0.4) is 0 Å². The molecule has 2 N–H and O–H groups in total. The van der Waals surface area contributed by atoms with Gasteiger partial charge in [-0.3, -0.25) is 4.79 Å². The van der Waals surface area contributed by atoms with E-state index in [2.05, 4.69) is 26.1 Å². The number of aromatic nitrogens is 2. The van der Waals surface area contributed by atoms with E-state index in [9.17, 15) is 18.5 Å². The fourth-order valence-electron chi connectivity index (χ4n) is 3.31. The number of ether oxygens (including phenoxy) is 1. The highest BCUT2D eigenvalue weighted by Gasteiger charge is 2.22. The molecule has 1 amide bonds. The number of carbonyl (C=O) groups is 1. The number of anilines is 2. The second-order valence-corrected chi connectivity index (χ2v) is 9.47. The quantitative estimate of drug-likeness (QED) is 0.370. The first-order valence-corrected chi connectivity index (χ1v) is 12.3. The van der Waals surface area contributed by atoms with E-state index in [0.29, 0.717) is 11.3 Å². The number of aryl methyl sites for hydroxylation is 1. The third kappa shape index (κ3) is 5.65. The van der Waals surface area contributed by atoms with Gasteiger partial charge in [0.1, 0.15) is 17.4 Å². The summed E-state index contributed by atoms with van der Waals surface area (Å²) in [6, 6.07) is 23.6. The Labute approximate surface area is 208 Å². The van der Waals surface area contributed by atoms with Crippen molar-refractivity contribution in [2.24, 2.45) is 0 Å². The minimum absolute atomic E-state index is 0.0199. The lowest BCUT2D eigenvalue weighted by atomic mass is 10.1. The third-order valence-corrected chi connectivity index (χ3v) is 6.30. The number of carbonyl (C=O) groups excluding carboxylic acids is 1. The van der Waals surface area contributed by atoms with Crippen LogP contribution in [0.4, 0.5) is 11.6 Å². The zero-order valence-electron chi connectivity index (χ0n) is 19.4. The van der Waals surface area contributed by atoms with E-state index in [4.69, 9.17) is 4.74 Å². The number of sulfonamides is 1. The highest BCUT2D eigenvalue weighted by molar-refractivity contribution is 7.92. The molecule has 0 radical (unpaired) electrons. The van der Waals surface area contributed by atoms with Crippen molar-refractivity contribution < 1.29 is 17.9 Å². The fraction of sp³-hybridized carbons (Fsp3) is 0.0769. The van der Waals surface area contributed by atoms with Gasteiger partial charge in [-0.2, -0.15) is 10.2 Å². The fourth-order valence-corrected chi connectivity index (χ4v) is 4.28. The normalized spacial score (nSPS) is 10.8. The van der Waals surface area contributed by atoms with Crippen LogP contribution < -0.4 is 14.8 Å². The van der Waals surface area contributed by atoms with Gasteiger partial charge in [0.15, 0.2) is 0 Å². The van der Waals surface area contributed by atoms with Gasteiger partial charge in [-0.15, -0.1) is 0 Å². The van der Waals surface area contributed by atoms with Crippen LogP contribution >= 0.6 is 0 Å². The average Bonchev–Trinajstić information content (AvgIpc) is 2.84. The maximum absolute atomic E-state index is 12.9. The number of nitrogens with zero attached hydrogens (tertiary/aromatic N) is 3. The first kappa shape index (κ1) is 24.4. The molecule has 9 nitrogen and oxygen atoms in total. The lowest BCUT2D eigenvalue weighted by Gasteiger charge is -2.14. The second kappa shape index (κ2) is 10.2. The number of hydrogen-bond acceptors (Lipinski definition) is 7. The van der Waals surface area contributed by atoms with Crippen molar-refractivity contribution in [3.8, 4) is 29.0 Å². The van der Waals surface area contributed by atoms with Gasteiger partial charge in [0.2, 0.25) is 17.7 Å². The van der Waals surface area contributed by atoms with Gasteiger partial charge >= 0.3 is 0 Å². The van der Waals surface area contributed by atoms with E-state index in [-0.39, 0.29) is 39.6 Å². The van der Waals surface area contributed by atoms with E-state index in [1.807, 2.05) is 19.1 Å². The monoisotopic (exact) mass is 499 g/mol. The smallest absolute Gasteiger partial charge is 0.264 e. The molecule has 0 bridgehead atoms. The summed E-state index contributed by atoms with van der Waals surface area (Å²) in [5.74, 6) is -0.385. The summed E-state index contributed by atoms with van der Waals surface area (Å²) in [7, 11) is -4.01. The minimum Gasteiger partial charge on any atom is -0.437 e. The van der Waals surface area contributed by atoms with Crippen molar-refractivity contribution in [2.75, 3.05) is 10.0 Å². The van der Waals surface area contributed by atoms with E-state index < -0.39 is 10.0 Å². The number of amides is 1. The Hall–Kier alpha value is -4.75. The molecule has 0 unspecified atom stereocenters. The number of nitrogens with one attached hydrogen (secondary N) is 2. The largest absolute Gasteiger partial charge is 0.437 e. The van der Waals surface area contributed by atoms with E-state index in [0.717, 1.165) is 5.56 Å². The van der Waals surface area contributed by atoms with Gasteiger partial charge in [-0.25, -0.2) is 18.1 Å². The van der Waals surface area contributed by atoms with Crippen molar-refractivity contribution in [2.45, 2.75) is 18.7 Å². The molecule has 0 aliphatic heterocycles. The van der Waals surface area contributed by atoms with Crippen molar-refractivity contribution in [1.82, 2.24) is 9.97 Å². The molecule has 36 heavy (non-hydrogen) atoms. The molecule has 0 aliphatic rings. The van der Waals surface area contributed by atoms with Gasteiger partial charge in [0.25, 0.3) is 10.0 Å². The molecule has 3 aromatic carbocycles. The van der Waals surface area contributed by atoms with Gasteiger partial charge in [-0.05, 0) is 31.2 Å². The molecule has 1 aromatic heterocycles. The SMILES string of the molecule is CC(=O)Nc1cccc(Oc2nc(NS(=O)(=O)c3ccccc3)nc(-c3ccc(C)cc3)c2C#N)c1. The molecular weight excluding hydrogens is 478 g/mol. The maximum atomic E-state index is 12.9. The highest BCUT2D eigenvalue weighted by atomic mass is 32.2. The standard InChI is InChI=1S/C26H21N5O4S/c1-17-11-13-19(14-12-17)24-23(16-27)25(35-21-8-6-7-20(15-21)28-18(2)32)30-26(29-24)31-36(33,34)22-9-4-3-5-10-22/h3-15H,1-2H3,(H,28,32)(H,29,30,31). The van der Waals surface area contributed by atoms with Gasteiger partial charge in [0.05, 0.1) is 10.6 Å². The molecule has 0 atom stereocenters. The lowest BCUT2D eigenvalue weighted by Crippen LogP contribution is -2.16. The maximum Gasteiger partial charge on any atom is 0.264 e. The van der Waals surface area contributed by atoms with Crippen LogP contribution in [-0.2, 0) is 14.8 Å². The van der Waals surface area contributed by atoms with E-state index in [1.165, 1.54) is 19.1 Å². The molecule has 4 aromatic rings. The molecule has 0 saturated carbocycles. The molecular formula is C26H21N5O4S. The Morgan fingerprint density at radius 3 is 2.36 bits per heavy atom. The molecule has 0 aliphatic carbocycles. The predicted octanol–water partition coefficient (Wildman–Crippen LogP) is 4.88. The molecule has 1 heterocycles. The Bertz CT molecular complexity index is 1560. The first-order valence-electron chi connectivity index (χ1n) is 10.8. The Morgan fingerprint density at radius 1 is 0.972 bits per heavy atom. The summed E-state index contributed by atoms with van der Waals surface area (Å²) in [6.07, 6.45) is 0. The van der Waals surface area contributed by atoms with Crippen LogP contribution in [0, 0.1) is 18.3 Å². The van der Waals surface area contributed by atoms with Crippen LogP contribution in [0.15, 0.2) is 83.8 Å². The predicted molar refractivity (Wildman–Crippen MR) is 135 cm³/mol. The van der Waals surface area contributed by atoms with E-state index >= 15 is 0 Å². The average molecular weight is 500 g/mol. The highest BCUT2D eigenvalue weighted by Crippen LogP contribution is 2.33. The van der Waals surface area contributed by atoms with Crippen LogP contribution in [0.25, 0.3) is 11.3 Å². The van der Waals surface area contributed by atoms with Gasteiger partial charge < -0.3 is 10.1 Å². The zero-order valence-corrected chi connectivity index (χ0v) is 20.2. The Balaban J connectivity index is 1.82. The Kier molecular flexibility index (Phi) is 6.94. The summed E-state index contributed by atoms with van der Waals surface area (Å²) in [4.78, 5) is 20.0. The summed E-state index contributed by atoms with van der Waals surface area (Å²) in [5.41, 5.74) is 2.29. The summed E-state index contributed by atoms with van der Waals surface area (Å²) in [5, 5.41) is 12.6. The third-order valence-electron chi connectivity index (χ3n) is 4.96. The summed E-state index contributed by atoms with van der Waals surface area (Å²) < 4.78 is 34.1. The minimum atomic E-state index is -4.01. The molecule has 180 valence electrons. The van der Waals surface area contributed by atoms with Gasteiger partial charge in [0, 0.05) is 24.2 Å². The summed E-state index contributed by atoms with van der Waals surface area (Å²) in [6.45, 7) is 3.30. The zero-order chi connectivity index (χ0) is 25.7. The number of hydrogen-bond donors (Lipinski definition) is 2. The number of rotatable bonds is 7. The van der Waals surface area contributed by atoms with Crippen LogP contribution in [0.2, 0.25) is 0 Å². The molecule has 0 saturated heterocycles. The molecule has 10 heteroatoms. The summed E-state index contributed by atoms with van der Waals surface area (Å²) >= 11 is 0. The lowest BCUT2D eigenvalue weighted by molar-refractivity contribution is -0.114. The topological polar surface area (TPSA) is 134 Å². The Morgan fingerprint density at radius 2 is 1.69 bits per heavy atom. The van der Waals surface area contributed by atoms with Crippen molar-refractivity contribution in [3.63, 3.8) is 0 Å². The van der Waals surface area contributed by atoms with E-state index in [1.54, 1.807) is 54.6 Å². The van der Waals surface area contributed by atoms with Crippen molar-refractivity contribution in [1.29, 1.82) is 5.26 Å². The van der Waals surface area contributed by atoms with Crippen molar-refractivity contribution >= 4 is 27.6 Å². The number of nitriles is 1. The molecule has 0 fully saturated rings. The van der Waals surface area contributed by atoms with Crippen LogP contribution in [0.1, 0.15) is 18.1 Å². The van der Waals surface area contributed by atoms with Gasteiger partial charge in [-0.1, -0.05) is 54.1 Å². The van der Waals surface area contributed by atoms with Crippen LogP contribution in [-0.4, -0.2) is 24.3 Å². The first-order chi connectivity index (χ1) is 17.2. The molecule has 4 rings (SSSR count).